The lowest BCUT2D eigenvalue weighted by Gasteiger charge is -2.33. The van der Waals surface area contributed by atoms with Crippen LogP contribution in [0.2, 0.25) is 0 Å². The van der Waals surface area contributed by atoms with Gasteiger partial charge in [0.15, 0.2) is 6.04 Å². The Hall–Kier alpha value is -1.92. The van der Waals surface area contributed by atoms with Gasteiger partial charge in [0.05, 0.1) is 26.9 Å². The highest BCUT2D eigenvalue weighted by Crippen LogP contribution is 2.15. The molecule has 1 fully saturated rings. The van der Waals surface area contributed by atoms with Gasteiger partial charge in [-0.05, 0) is 17.7 Å². The Morgan fingerprint density at radius 3 is 2.90 bits per heavy atom. The molecule has 0 aliphatic carbocycles. The molecule has 1 aliphatic rings. The standard InChI is InChI=1S/C15H19NO5/c1-19-9-11-4-3-5-12(8-11)14(17)16-6-7-21-10-13(16)15(18)20-2/h3-5,8,13H,6-7,9-10H2,1-2H3. The number of hydrogen-bond acceptors (Lipinski definition) is 5. The quantitative estimate of drug-likeness (QED) is 0.770. The zero-order chi connectivity index (χ0) is 15.2. The molecule has 6 nitrogen and oxygen atoms in total. The predicted octanol–water partition coefficient (Wildman–Crippen LogP) is 0.847. The number of morpholine rings is 1. The average Bonchev–Trinajstić information content (AvgIpc) is 2.54. The van der Waals surface area contributed by atoms with Gasteiger partial charge in [-0.3, -0.25) is 4.79 Å². The van der Waals surface area contributed by atoms with E-state index in [1.807, 2.05) is 6.07 Å². The zero-order valence-corrected chi connectivity index (χ0v) is 12.2. The van der Waals surface area contributed by atoms with E-state index in [0.29, 0.717) is 25.3 Å². The molecule has 0 N–H and O–H groups in total. The summed E-state index contributed by atoms with van der Waals surface area (Å²) in [5.74, 6) is -0.664. The fourth-order valence-electron chi connectivity index (χ4n) is 2.30. The summed E-state index contributed by atoms with van der Waals surface area (Å²) in [4.78, 5) is 25.9. The minimum atomic E-state index is -0.692. The number of carbonyl (C=O) groups excluding carboxylic acids is 2. The van der Waals surface area contributed by atoms with Gasteiger partial charge in [-0.2, -0.15) is 0 Å². The normalized spacial score (nSPS) is 18.4. The lowest BCUT2D eigenvalue weighted by atomic mass is 10.1. The second-order valence-corrected chi connectivity index (χ2v) is 4.75. The third-order valence-corrected chi connectivity index (χ3v) is 3.35. The molecule has 6 heteroatoms. The number of esters is 1. The third kappa shape index (κ3) is 3.59. The molecular weight excluding hydrogens is 274 g/mol. The van der Waals surface area contributed by atoms with E-state index < -0.39 is 12.0 Å². The molecule has 21 heavy (non-hydrogen) atoms. The van der Waals surface area contributed by atoms with Crippen molar-refractivity contribution in [3.8, 4) is 0 Å². The van der Waals surface area contributed by atoms with Crippen LogP contribution in [0.3, 0.4) is 0 Å². The van der Waals surface area contributed by atoms with Crippen LogP contribution in [0.1, 0.15) is 15.9 Å². The molecule has 1 aromatic carbocycles. The van der Waals surface area contributed by atoms with Gasteiger partial charge >= 0.3 is 5.97 Å². The van der Waals surface area contributed by atoms with Crippen LogP contribution in [0.25, 0.3) is 0 Å². The lowest BCUT2D eigenvalue weighted by molar-refractivity contribution is -0.151. The van der Waals surface area contributed by atoms with Crippen LogP contribution >= 0.6 is 0 Å². The van der Waals surface area contributed by atoms with Crippen LogP contribution in [0.15, 0.2) is 24.3 Å². The van der Waals surface area contributed by atoms with E-state index in [1.54, 1.807) is 25.3 Å². The second kappa shape index (κ2) is 7.19. The average molecular weight is 293 g/mol. The number of methoxy groups -OCH3 is 2. The predicted molar refractivity (Wildman–Crippen MR) is 74.8 cm³/mol. The lowest BCUT2D eigenvalue weighted by Crippen LogP contribution is -2.53. The molecule has 0 spiro atoms. The SMILES string of the molecule is COCc1cccc(C(=O)N2CCOCC2C(=O)OC)c1. The fourth-order valence-corrected chi connectivity index (χ4v) is 2.30. The van der Waals surface area contributed by atoms with Crippen molar-refractivity contribution in [3.05, 3.63) is 35.4 Å². The smallest absolute Gasteiger partial charge is 0.331 e. The summed E-state index contributed by atoms with van der Waals surface area (Å²) in [5.41, 5.74) is 1.44. The Labute approximate surface area is 123 Å². The molecule has 0 radical (unpaired) electrons. The van der Waals surface area contributed by atoms with E-state index in [9.17, 15) is 9.59 Å². The van der Waals surface area contributed by atoms with Gasteiger partial charge in [-0.1, -0.05) is 12.1 Å². The van der Waals surface area contributed by atoms with Crippen molar-refractivity contribution in [2.45, 2.75) is 12.6 Å². The molecular formula is C15H19NO5. The van der Waals surface area contributed by atoms with Crippen LogP contribution < -0.4 is 0 Å². The molecule has 1 atom stereocenters. The summed E-state index contributed by atoms with van der Waals surface area (Å²) >= 11 is 0. The van der Waals surface area contributed by atoms with E-state index in [1.165, 1.54) is 12.0 Å². The summed E-state index contributed by atoms with van der Waals surface area (Å²) in [6.07, 6.45) is 0. The highest BCUT2D eigenvalue weighted by molar-refractivity contribution is 5.97. The van der Waals surface area contributed by atoms with Crippen molar-refractivity contribution in [3.63, 3.8) is 0 Å². The first kappa shape index (κ1) is 15.5. The number of hydrogen-bond donors (Lipinski definition) is 0. The van der Waals surface area contributed by atoms with Gasteiger partial charge in [0, 0.05) is 19.2 Å². The molecule has 1 heterocycles. The van der Waals surface area contributed by atoms with E-state index in [0.717, 1.165) is 5.56 Å². The second-order valence-electron chi connectivity index (χ2n) is 4.75. The summed E-state index contributed by atoms with van der Waals surface area (Å²) < 4.78 is 15.1. The number of rotatable bonds is 4. The van der Waals surface area contributed by atoms with Crippen LogP contribution in [-0.2, 0) is 25.6 Å². The monoisotopic (exact) mass is 293 g/mol. The number of amides is 1. The summed E-state index contributed by atoms with van der Waals surface area (Å²) in [6, 6.07) is 6.50. The summed E-state index contributed by atoms with van der Waals surface area (Å²) in [5, 5.41) is 0. The van der Waals surface area contributed by atoms with Crippen molar-refractivity contribution in [2.75, 3.05) is 34.0 Å². The van der Waals surface area contributed by atoms with Crippen molar-refractivity contribution in [1.82, 2.24) is 4.90 Å². The molecule has 1 aromatic rings. The van der Waals surface area contributed by atoms with Crippen LogP contribution in [-0.4, -0.2) is 56.8 Å². The Bertz CT molecular complexity index is 517. The molecule has 2 rings (SSSR count). The largest absolute Gasteiger partial charge is 0.467 e. The summed E-state index contributed by atoms with van der Waals surface area (Å²) in [7, 11) is 2.91. The van der Waals surface area contributed by atoms with E-state index >= 15 is 0 Å². The molecule has 1 aliphatic heterocycles. The number of benzene rings is 1. The first-order valence-electron chi connectivity index (χ1n) is 6.71. The van der Waals surface area contributed by atoms with Gasteiger partial charge in [0.25, 0.3) is 5.91 Å². The number of carbonyl (C=O) groups is 2. The van der Waals surface area contributed by atoms with E-state index in [2.05, 4.69) is 0 Å². The van der Waals surface area contributed by atoms with Gasteiger partial charge < -0.3 is 19.1 Å². The molecule has 0 saturated carbocycles. The number of ether oxygens (including phenoxy) is 3. The Kier molecular flexibility index (Phi) is 5.30. The van der Waals surface area contributed by atoms with Gasteiger partial charge in [-0.15, -0.1) is 0 Å². The maximum Gasteiger partial charge on any atom is 0.331 e. The molecule has 0 bridgehead atoms. The van der Waals surface area contributed by atoms with Crippen LogP contribution in [0.5, 0.6) is 0 Å². The Balaban J connectivity index is 2.20. The van der Waals surface area contributed by atoms with Crippen LogP contribution in [0.4, 0.5) is 0 Å². The van der Waals surface area contributed by atoms with Crippen molar-refractivity contribution in [2.24, 2.45) is 0 Å². The highest BCUT2D eigenvalue weighted by Gasteiger charge is 2.34. The highest BCUT2D eigenvalue weighted by atomic mass is 16.5. The van der Waals surface area contributed by atoms with E-state index in [-0.39, 0.29) is 12.5 Å². The third-order valence-electron chi connectivity index (χ3n) is 3.35. The van der Waals surface area contributed by atoms with Gasteiger partial charge in [-0.25, -0.2) is 4.79 Å². The Morgan fingerprint density at radius 1 is 1.38 bits per heavy atom. The molecule has 0 aromatic heterocycles. The van der Waals surface area contributed by atoms with Gasteiger partial charge in [0.1, 0.15) is 0 Å². The summed E-state index contributed by atoms with van der Waals surface area (Å²) in [6.45, 7) is 1.38. The molecule has 1 amide bonds. The van der Waals surface area contributed by atoms with Crippen molar-refractivity contribution < 1.29 is 23.8 Å². The van der Waals surface area contributed by atoms with Gasteiger partial charge in [0.2, 0.25) is 0 Å². The molecule has 1 unspecified atom stereocenters. The van der Waals surface area contributed by atoms with Crippen LogP contribution in [0, 0.1) is 0 Å². The zero-order valence-electron chi connectivity index (χ0n) is 12.2. The number of nitrogens with zero attached hydrogens (tertiary/aromatic N) is 1. The first-order chi connectivity index (χ1) is 10.2. The minimum absolute atomic E-state index is 0.163. The first-order valence-corrected chi connectivity index (χ1v) is 6.71. The van der Waals surface area contributed by atoms with Crippen molar-refractivity contribution in [1.29, 1.82) is 0 Å². The minimum Gasteiger partial charge on any atom is -0.467 e. The maximum atomic E-state index is 12.6. The Morgan fingerprint density at radius 2 is 2.19 bits per heavy atom. The fraction of sp³-hybridized carbons (Fsp3) is 0.467. The van der Waals surface area contributed by atoms with Crippen molar-refractivity contribution >= 4 is 11.9 Å². The molecule has 1 saturated heterocycles. The van der Waals surface area contributed by atoms with E-state index in [4.69, 9.17) is 14.2 Å². The molecule has 114 valence electrons. The maximum absolute atomic E-state index is 12.6. The topological polar surface area (TPSA) is 65.1 Å².